The Labute approximate surface area is 145 Å². The van der Waals surface area contributed by atoms with Gasteiger partial charge in [-0.1, -0.05) is 29.8 Å². The van der Waals surface area contributed by atoms with Crippen molar-refractivity contribution in [3.63, 3.8) is 0 Å². The van der Waals surface area contributed by atoms with E-state index in [2.05, 4.69) is 25.8 Å². The van der Waals surface area contributed by atoms with Crippen molar-refractivity contribution in [3.8, 4) is 11.4 Å². The van der Waals surface area contributed by atoms with Crippen LogP contribution in [0.3, 0.4) is 0 Å². The first kappa shape index (κ1) is 16.8. The van der Waals surface area contributed by atoms with E-state index in [1.165, 1.54) is 4.80 Å². The number of tetrazole rings is 1. The molecule has 3 aromatic rings. The molecule has 0 saturated heterocycles. The van der Waals surface area contributed by atoms with Gasteiger partial charge in [-0.2, -0.15) is 9.90 Å². The molecule has 1 aromatic carbocycles. The lowest BCUT2D eigenvalue weighted by atomic mass is 10.1. The third kappa shape index (κ3) is 3.28. The van der Waals surface area contributed by atoms with Gasteiger partial charge in [-0.05, 0) is 32.9 Å². The van der Waals surface area contributed by atoms with Crippen molar-refractivity contribution >= 4 is 11.6 Å². The van der Waals surface area contributed by atoms with E-state index in [0.29, 0.717) is 5.82 Å². The highest BCUT2D eigenvalue weighted by Gasteiger charge is 2.21. The number of amides is 1. The van der Waals surface area contributed by atoms with E-state index in [1.54, 1.807) is 11.6 Å². The highest BCUT2D eigenvalue weighted by atomic mass is 16.2. The highest BCUT2D eigenvalue weighted by molar-refractivity contribution is 5.94. The SMILES string of the molecule is Cc1ccc(-c2nnn(C(C)C(=O)Nc3c(C)nn(C)c3C)n2)cc1. The molecule has 25 heavy (non-hydrogen) atoms. The van der Waals surface area contributed by atoms with Crippen LogP contribution in [-0.4, -0.2) is 35.9 Å². The predicted octanol–water partition coefficient (Wildman–Crippen LogP) is 2.20. The zero-order valence-corrected chi connectivity index (χ0v) is 15.0. The van der Waals surface area contributed by atoms with E-state index >= 15 is 0 Å². The number of carbonyl (C=O) groups is 1. The summed E-state index contributed by atoms with van der Waals surface area (Å²) < 4.78 is 1.73. The Morgan fingerprint density at radius 3 is 2.40 bits per heavy atom. The van der Waals surface area contributed by atoms with Gasteiger partial charge in [-0.25, -0.2) is 0 Å². The molecule has 0 radical (unpaired) electrons. The van der Waals surface area contributed by atoms with Gasteiger partial charge in [-0.3, -0.25) is 9.48 Å². The maximum atomic E-state index is 12.5. The Balaban J connectivity index is 1.78. The van der Waals surface area contributed by atoms with Crippen molar-refractivity contribution in [1.29, 1.82) is 0 Å². The predicted molar refractivity (Wildman–Crippen MR) is 94.0 cm³/mol. The first-order chi connectivity index (χ1) is 11.9. The van der Waals surface area contributed by atoms with Crippen molar-refractivity contribution in [2.75, 3.05) is 5.32 Å². The monoisotopic (exact) mass is 339 g/mol. The molecular weight excluding hydrogens is 318 g/mol. The Hall–Kier alpha value is -3.03. The Morgan fingerprint density at radius 2 is 1.80 bits per heavy atom. The molecule has 0 spiro atoms. The number of hydrogen-bond acceptors (Lipinski definition) is 5. The number of anilines is 1. The summed E-state index contributed by atoms with van der Waals surface area (Å²) in [6.45, 7) is 7.51. The standard InChI is InChI=1S/C17H21N7O/c1-10-6-8-14(9-7-10)16-19-22-24(21-16)13(4)17(25)18-15-11(2)20-23(5)12(15)3/h6-9,13H,1-5H3,(H,18,25). The molecular formula is C17H21N7O. The molecule has 8 heteroatoms. The van der Waals surface area contributed by atoms with Crippen LogP contribution in [0.25, 0.3) is 11.4 Å². The van der Waals surface area contributed by atoms with Crippen molar-refractivity contribution in [3.05, 3.63) is 41.2 Å². The zero-order chi connectivity index (χ0) is 18.1. The van der Waals surface area contributed by atoms with Crippen LogP contribution in [0.15, 0.2) is 24.3 Å². The molecule has 1 N–H and O–H groups in total. The molecule has 1 amide bonds. The van der Waals surface area contributed by atoms with Crippen LogP contribution in [0.5, 0.6) is 0 Å². The Morgan fingerprint density at radius 1 is 1.12 bits per heavy atom. The third-order valence-corrected chi connectivity index (χ3v) is 4.22. The Kier molecular flexibility index (Phi) is 4.35. The minimum absolute atomic E-state index is 0.216. The molecule has 0 aliphatic heterocycles. The largest absolute Gasteiger partial charge is 0.321 e. The molecule has 0 saturated carbocycles. The lowest BCUT2D eigenvalue weighted by Crippen LogP contribution is -2.26. The number of nitrogens with one attached hydrogen (secondary N) is 1. The van der Waals surface area contributed by atoms with Gasteiger partial charge >= 0.3 is 0 Å². The maximum absolute atomic E-state index is 12.5. The summed E-state index contributed by atoms with van der Waals surface area (Å²) in [6.07, 6.45) is 0. The van der Waals surface area contributed by atoms with E-state index in [1.807, 2.05) is 52.1 Å². The van der Waals surface area contributed by atoms with E-state index in [9.17, 15) is 4.79 Å². The van der Waals surface area contributed by atoms with E-state index < -0.39 is 6.04 Å². The van der Waals surface area contributed by atoms with Crippen molar-refractivity contribution < 1.29 is 4.79 Å². The van der Waals surface area contributed by atoms with Crippen LogP contribution in [-0.2, 0) is 11.8 Å². The number of nitrogens with zero attached hydrogens (tertiary/aromatic N) is 6. The zero-order valence-electron chi connectivity index (χ0n) is 15.0. The number of hydrogen-bond donors (Lipinski definition) is 1. The smallest absolute Gasteiger partial charge is 0.250 e. The number of aromatic nitrogens is 6. The summed E-state index contributed by atoms with van der Waals surface area (Å²) in [5.41, 5.74) is 4.41. The molecule has 3 rings (SSSR count). The van der Waals surface area contributed by atoms with E-state index in [4.69, 9.17) is 0 Å². The average molecular weight is 339 g/mol. The second-order valence-electron chi connectivity index (χ2n) is 6.13. The molecule has 0 aliphatic rings. The van der Waals surface area contributed by atoms with Crippen LogP contribution in [0, 0.1) is 20.8 Å². The normalized spacial score (nSPS) is 12.2. The van der Waals surface area contributed by atoms with Crippen molar-refractivity contribution in [2.24, 2.45) is 7.05 Å². The summed E-state index contributed by atoms with van der Waals surface area (Å²) in [5.74, 6) is 0.278. The van der Waals surface area contributed by atoms with Crippen LogP contribution in [0.2, 0.25) is 0 Å². The minimum atomic E-state index is -0.592. The molecule has 0 fully saturated rings. The van der Waals surface area contributed by atoms with Crippen molar-refractivity contribution in [1.82, 2.24) is 30.0 Å². The summed E-state index contributed by atoms with van der Waals surface area (Å²) >= 11 is 0. The fraction of sp³-hybridized carbons (Fsp3) is 0.353. The fourth-order valence-corrected chi connectivity index (χ4v) is 2.49. The van der Waals surface area contributed by atoms with Gasteiger partial charge in [0, 0.05) is 12.6 Å². The molecule has 0 aliphatic carbocycles. The lowest BCUT2D eigenvalue weighted by molar-refractivity contribution is -0.119. The number of benzene rings is 1. The van der Waals surface area contributed by atoms with E-state index in [-0.39, 0.29) is 5.91 Å². The van der Waals surface area contributed by atoms with Crippen LogP contribution >= 0.6 is 0 Å². The first-order valence-corrected chi connectivity index (χ1v) is 8.04. The molecule has 2 aromatic heterocycles. The number of aryl methyl sites for hydroxylation is 3. The summed E-state index contributed by atoms with van der Waals surface area (Å²) in [4.78, 5) is 13.9. The van der Waals surface area contributed by atoms with Gasteiger partial charge in [0.15, 0.2) is 0 Å². The number of rotatable bonds is 4. The molecule has 130 valence electrons. The second-order valence-corrected chi connectivity index (χ2v) is 6.13. The topological polar surface area (TPSA) is 90.5 Å². The minimum Gasteiger partial charge on any atom is -0.321 e. The van der Waals surface area contributed by atoms with Gasteiger partial charge in [0.1, 0.15) is 6.04 Å². The van der Waals surface area contributed by atoms with Crippen LogP contribution < -0.4 is 5.32 Å². The fourth-order valence-electron chi connectivity index (χ4n) is 2.49. The Bertz CT molecular complexity index is 908. The van der Waals surface area contributed by atoms with Gasteiger partial charge in [0.25, 0.3) is 5.91 Å². The summed E-state index contributed by atoms with van der Waals surface area (Å²) in [6, 6.07) is 7.25. The van der Waals surface area contributed by atoms with E-state index in [0.717, 1.165) is 28.2 Å². The average Bonchev–Trinajstić information content (AvgIpc) is 3.16. The molecule has 1 unspecified atom stereocenters. The number of carbonyl (C=O) groups excluding carboxylic acids is 1. The summed E-state index contributed by atoms with van der Waals surface area (Å²) in [7, 11) is 1.84. The van der Waals surface area contributed by atoms with Gasteiger partial charge in [0.05, 0.1) is 17.1 Å². The van der Waals surface area contributed by atoms with Gasteiger partial charge < -0.3 is 5.32 Å². The molecule has 2 heterocycles. The van der Waals surface area contributed by atoms with Gasteiger partial charge in [0.2, 0.25) is 5.82 Å². The molecule has 8 nitrogen and oxygen atoms in total. The third-order valence-electron chi connectivity index (χ3n) is 4.22. The summed E-state index contributed by atoms with van der Waals surface area (Å²) in [5, 5.41) is 19.6. The maximum Gasteiger partial charge on any atom is 0.250 e. The van der Waals surface area contributed by atoms with Crippen LogP contribution in [0.4, 0.5) is 5.69 Å². The first-order valence-electron chi connectivity index (χ1n) is 8.04. The second kappa shape index (κ2) is 6.46. The highest BCUT2D eigenvalue weighted by Crippen LogP contribution is 2.20. The molecule has 1 atom stereocenters. The quantitative estimate of drug-likeness (QED) is 0.787. The van der Waals surface area contributed by atoms with Crippen LogP contribution in [0.1, 0.15) is 29.9 Å². The van der Waals surface area contributed by atoms with Gasteiger partial charge in [-0.15, -0.1) is 10.2 Å². The molecule has 0 bridgehead atoms. The lowest BCUT2D eigenvalue weighted by Gasteiger charge is -2.11. The van der Waals surface area contributed by atoms with Crippen molar-refractivity contribution in [2.45, 2.75) is 33.7 Å².